The van der Waals surface area contributed by atoms with Gasteiger partial charge in [0.1, 0.15) is 0 Å². The van der Waals surface area contributed by atoms with Crippen molar-refractivity contribution in [3.05, 3.63) is 12.2 Å². The lowest BCUT2D eigenvalue weighted by atomic mass is 10.1. The van der Waals surface area contributed by atoms with Gasteiger partial charge in [-0.2, -0.15) is 0 Å². The summed E-state index contributed by atoms with van der Waals surface area (Å²) >= 11 is 0. The van der Waals surface area contributed by atoms with Crippen LogP contribution in [0, 0.1) is 0 Å². The van der Waals surface area contributed by atoms with Crippen LogP contribution in [0.1, 0.15) is 58.3 Å². The molecule has 0 amide bonds. The lowest BCUT2D eigenvalue weighted by Crippen LogP contribution is -2.21. The second kappa shape index (κ2) is 9.59. The van der Waals surface area contributed by atoms with Gasteiger partial charge in [-0.15, -0.1) is 0 Å². The van der Waals surface area contributed by atoms with E-state index in [-0.39, 0.29) is 0 Å². The van der Waals surface area contributed by atoms with Crippen molar-refractivity contribution in [3.63, 3.8) is 0 Å². The molecule has 1 N–H and O–H groups in total. The summed E-state index contributed by atoms with van der Waals surface area (Å²) in [5, 5.41) is 3.35. The van der Waals surface area contributed by atoms with Gasteiger partial charge in [-0.05, 0) is 32.1 Å². The van der Waals surface area contributed by atoms with Crippen molar-refractivity contribution in [2.45, 2.75) is 64.5 Å². The first-order valence-electron chi connectivity index (χ1n) is 6.83. The van der Waals surface area contributed by atoms with Crippen LogP contribution in [0.5, 0.6) is 0 Å². The molecule has 92 valence electrons. The van der Waals surface area contributed by atoms with E-state index in [1.807, 2.05) is 6.21 Å². The Hall–Kier alpha value is -0.630. The van der Waals surface area contributed by atoms with E-state index < -0.39 is 0 Å². The number of unbranched alkanes of at least 4 members (excludes halogenated alkanes) is 5. The molecule has 0 spiro atoms. The van der Waals surface area contributed by atoms with E-state index in [9.17, 15) is 0 Å². The van der Waals surface area contributed by atoms with Gasteiger partial charge in [-0.1, -0.05) is 38.3 Å². The summed E-state index contributed by atoms with van der Waals surface area (Å²) in [5.41, 5.74) is 0. The number of rotatable bonds is 9. The van der Waals surface area contributed by atoms with E-state index in [0.717, 1.165) is 6.54 Å². The Morgan fingerprint density at radius 2 is 2.00 bits per heavy atom. The molecule has 0 aromatic rings. The molecule has 0 aromatic carbocycles. The third-order valence-corrected chi connectivity index (χ3v) is 2.97. The second-order valence-corrected chi connectivity index (χ2v) is 4.51. The molecule has 0 aliphatic carbocycles. The number of aliphatic imine (C=N–C) groups is 1. The van der Waals surface area contributed by atoms with Crippen molar-refractivity contribution in [3.8, 4) is 0 Å². The van der Waals surface area contributed by atoms with Crippen LogP contribution < -0.4 is 5.32 Å². The Morgan fingerprint density at radius 3 is 2.69 bits per heavy atom. The second-order valence-electron chi connectivity index (χ2n) is 4.51. The minimum Gasteiger partial charge on any atom is -0.291 e. The fourth-order valence-corrected chi connectivity index (χ4v) is 1.93. The quantitative estimate of drug-likeness (QED) is 0.467. The fourth-order valence-electron chi connectivity index (χ4n) is 1.93. The molecule has 0 bridgehead atoms. The van der Waals surface area contributed by atoms with Crippen LogP contribution in [0.3, 0.4) is 0 Å². The van der Waals surface area contributed by atoms with Gasteiger partial charge in [-0.25, -0.2) is 0 Å². The smallest absolute Gasteiger partial charge is 0.0993 e. The molecule has 1 heterocycles. The Morgan fingerprint density at radius 1 is 1.19 bits per heavy atom. The zero-order valence-electron chi connectivity index (χ0n) is 10.6. The average Bonchev–Trinajstić information content (AvgIpc) is 2.80. The summed E-state index contributed by atoms with van der Waals surface area (Å²) in [7, 11) is 0. The van der Waals surface area contributed by atoms with Crippen LogP contribution in [0.25, 0.3) is 0 Å². The largest absolute Gasteiger partial charge is 0.291 e. The normalized spacial score (nSPS) is 19.9. The summed E-state index contributed by atoms with van der Waals surface area (Å²) in [6.45, 7) is 3.21. The molecular weight excluding hydrogens is 196 g/mol. The van der Waals surface area contributed by atoms with Crippen molar-refractivity contribution in [2.24, 2.45) is 4.99 Å². The highest BCUT2D eigenvalue weighted by Crippen LogP contribution is 2.08. The highest BCUT2D eigenvalue weighted by molar-refractivity contribution is 5.61. The van der Waals surface area contributed by atoms with E-state index >= 15 is 0 Å². The third-order valence-electron chi connectivity index (χ3n) is 2.97. The third kappa shape index (κ3) is 6.78. The van der Waals surface area contributed by atoms with E-state index in [4.69, 9.17) is 0 Å². The summed E-state index contributed by atoms with van der Waals surface area (Å²) < 4.78 is 0. The van der Waals surface area contributed by atoms with Gasteiger partial charge < -0.3 is 0 Å². The van der Waals surface area contributed by atoms with Crippen molar-refractivity contribution in [1.29, 1.82) is 0 Å². The Labute approximate surface area is 100 Å². The Kier molecular flexibility index (Phi) is 8.05. The van der Waals surface area contributed by atoms with E-state index in [1.165, 1.54) is 51.4 Å². The molecule has 1 aliphatic heterocycles. The van der Waals surface area contributed by atoms with Gasteiger partial charge in [0.25, 0.3) is 0 Å². The molecule has 1 atom stereocenters. The number of hydrogen-bond acceptors (Lipinski definition) is 2. The van der Waals surface area contributed by atoms with Gasteiger partial charge in [-0.3, -0.25) is 10.3 Å². The van der Waals surface area contributed by atoms with Crippen LogP contribution in [0.4, 0.5) is 0 Å². The molecule has 16 heavy (non-hydrogen) atoms. The Balaban J connectivity index is 1.80. The zero-order valence-corrected chi connectivity index (χ0v) is 10.6. The van der Waals surface area contributed by atoms with Gasteiger partial charge in [0, 0.05) is 12.8 Å². The highest BCUT2D eigenvalue weighted by Gasteiger charge is 2.07. The van der Waals surface area contributed by atoms with Crippen LogP contribution in [0.15, 0.2) is 17.1 Å². The molecule has 0 aromatic heterocycles. The maximum absolute atomic E-state index is 4.35. The first-order chi connectivity index (χ1) is 7.93. The molecule has 2 heteroatoms. The standard InChI is InChI=1S/C14H26N2/c1-2-3-4-5-6-7-8-9-10-11-14-15-12-13-16-14/h5-6,12,14,16H,2-4,7-11,13H2,1H3/b6-5+. The molecule has 1 rings (SSSR count). The maximum atomic E-state index is 4.35. The van der Waals surface area contributed by atoms with Crippen LogP contribution in [-0.2, 0) is 0 Å². The monoisotopic (exact) mass is 222 g/mol. The zero-order chi connectivity index (χ0) is 11.5. The predicted octanol–water partition coefficient (Wildman–Crippen LogP) is 3.68. The van der Waals surface area contributed by atoms with Crippen molar-refractivity contribution in [2.75, 3.05) is 6.54 Å². The molecule has 2 nitrogen and oxygen atoms in total. The topological polar surface area (TPSA) is 24.4 Å². The number of nitrogens with zero attached hydrogens (tertiary/aromatic N) is 1. The van der Waals surface area contributed by atoms with Crippen molar-refractivity contribution in [1.82, 2.24) is 5.32 Å². The highest BCUT2D eigenvalue weighted by atomic mass is 15.1. The lowest BCUT2D eigenvalue weighted by Gasteiger charge is -2.06. The number of nitrogens with one attached hydrogen (secondary N) is 1. The molecule has 0 fully saturated rings. The summed E-state index contributed by atoms with van der Waals surface area (Å²) in [5.74, 6) is 0. The molecule has 0 saturated heterocycles. The lowest BCUT2D eigenvalue weighted by molar-refractivity contribution is 0.516. The molecule has 0 radical (unpaired) electrons. The predicted molar refractivity (Wildman–Crippen MR) is 72.0 cm³/mol. The van der Waals surface area contributed by atoms with E-state index in [2.05, 4.69) is 29.4 Å². The molecule has 1 aliphatic rings. The molecular formula is C14H26N2. The van der Waals surface area contributed by atoms with Crippen LogP contribution in [-0.4, -0.2) is 18.9 Å². The molecule has 1 unspecified atom stereocenters. The van der Waals surface area contributed by atoms with E-state index in [1.54, 1.807) is 0 Å². The molecule has 0 saturated carbocycles. The fraction of sp³-hybridized carbons (Fsp3) is 0.786. The first-order valence-corrected chi connectivity index (χ1v) is 6.83. The van der Waals surface area contributed by atoms with Gasteiger partial charge in [0.05, 0.1) is 6.17 Å². The summed E-state index contributed by atoms with van der Waals surface area (Å²) in [4.78, 5) is 4.35. The first kappa shape index (κ1) is 13.4. The van der Waals surface area contributed by atoms with Crippen molar-refractivity contribution >= 4 is 6.21 Å². The van der Waals surface area contributed by atoms with E-state index in [0.29, 0.717) is 6.17 Å². The number of allylic oxidation sites excluding steroid dienone is 2. The van der Waals surface area contributed by atoms with Gasteiger partial charge in [0.15, 0.2) is 0 Å². The van der Waals surface area contributed by atoms with Crippen LogP contribution in [0.2, 0.25) is 0 Å². The average molecular weight is 222 g/mol. The van der Waals surface area contributed by atoms with Crippen molar-refractivity contribution < 1.29 is 0 Å². The Bertz CT molecular complexity index is 209. The minimum atomic E-state index is 0.417. The summed E-state index contributed by atoms with van der Waals surface area (Å²) in [6, 6.07) is 0. The minimum absolute atomic E-state index is 0.417. The van der Waals surface area contributed by atoms with Gasteiger partial charge in [0.2, 0.25) is 0 Å². The SMILES string of the molecule is CCCC/C=C/CCCCCC1N=CCN1. The maximum Gasteiger partial charge on any atom is 0.0993 e. The summed E-state index contributed by atoms with van der Waals surface area (Å²) in [6.07, 6.45) is 17.4. The van der Waals surface area contributed by atoms with Gasteiger partial charge >= 0.3 is 0 Å². The number of hydrogen-bond donors (Lipinski definition) is 1. The van der Waals surface area contributed by atoms with Crippen LogP contribution >= 0.6 is 0 Å².